The van der Waals surface area contributed by atoms with Crippen LogP contribution in [0, 0.1) is 5.41 Å². The molecular formula is C14H24N4O2S. The number of nitrogens with one attached hydrogen (secondary N) is 3. The van der Waals surface area contributed by atoms with E-state index >= 15 is 0 Å². The number of nitrogens with zero attached hydrogens (tertiary/aromatic N) is 1. The van der Waals surface area contributed by atoms with Gasteiger partial charge in [0.15, 0.2) is 5.03 Å². The molecule has 0 unspecified atom stereocenters. The van der Waals surface area contributed by atoms with Gasteiger partial charge in [-0.1, -0.05) is 13.3 Å². The van der Waals surface area contributed by atoms with Crippen molar-refractivity contribution in [3.8, 4) is 0 Å². The molecule has 0 aliphatic heterocycles. The summed E-state index contributed by atoms with van der Waals surface area (Å²) in [6.45, 7) is 3.24. The number of aromatic nitrogens is 2. The molecule has 0 amide bonds. The molecule has 2 saturated carbocycles. The largest absolute Gasteiger partial charge is 0.310 e. The van der Waals surface area contributed by atoms with Crippen LogP contribution in [0.5, 0.6) is 0 Å². The first-order valence-corrected chi connectivity index (χ1v) is 9.28. The smallest absolute Gasteiger partial charge is 0.257 e. The molecule has 1 heterocycles. The molecule has 3 rings (SSSR count). The third-order valence-corrected chi connectivity index (χ3v) is 5.90. The summed E-state index contributed by atoms with van der Waals surface area (Å²) < 4.78 is 27.7. The summed E-state index contributed by atoms with van der Waals surface area (Å²) in [5.41, 5.74) is 0.920. The molecule has 1 aromatic rings. The maximum absolute atomic E-state index is 12.4. The molecule has 0 aromatic carbocycles. The highest BCUT2D eigenvalue weighted by Crippen LogP contribution is 2.49. The number of sulfonamides is 1. The van der Waals surface area contributed by atoms with Gasteiger partial charge in [0.25, 0.3) is 10.0 Å². The van der Waals surface area contributed by atoms with Crippen molar-refractivity contribution in [1.82, 2.24) is 20.2 Å². The molecule has 3 N–H and O–H groups in total. The van der Waals surface area contributed by atoms with E-state index in [9.17, 15) is 8.42 Å². The van der Waals surface area contributed by atoms with Crippen LogP contribution in [0.25, 0.3) is 0 Å². The van der Waals surface area contributed by atoms with Crippen molar-refractivity contribution < 1.29 is 8.42 Å². The first-order chi connectivity index (χ1) is 10.0. The minimum atomic E-state index is -3.49. The van der Waals surface area contributed by atoms with E-state index < -0.39 is 10.0 Å². The van der Waals surface area contributed by atoms with Crippen molar-refractivity contribution in [2.45, 2.75) is 63.1 Å². The number of aromatic amines is 1. The average Bonchev–Trinajstić information content (AvgIpc) is 3.36. The van der Waals surface area contributed by atoms with Crippen molar-refractivity contribution >= 4 is 10.0 Å². The molecule has 0 spiro atoms. The van der Waals surface area contributed by atoms with Gasteiger partial charge in [0.1, 0.15) is 0 Å². The van der Waals surface area contributed by atoms with Gasteiger partial charge < -0.3 is 5.32 Å². The fourth-order valence-corrected chi connectivity index (χ4v) is 4.03. The van der Waals surface area contributed by atoms with Gasteiger partial charge in [-0.2, -0.15) is 5.10 Å². The minimum absolute atomic E-state index is 0.203. The van der Waals surface area contributed by atoms with Gasteiger partial charge in [-0.25, -0.2) is 13.1 Å². The lowest BCUT2D eigenvalue weighted by Crippen LogP contribution is -2.31. The Balaban J connectivity index is 1.62. The van der Waals surface area contributed by atoms with Gasteiger partial charge in [0.05, 0.1) is 6.20 Å². The van der Waals surface area contributed by atoms with E-state index in [0.717, 1.165) is 31.2 Å². The Labute approximate surface area is 126 Å². The highest BCUT2D eigenvalue weighted by Gasteiger charge is 2.42. The summed E-state index contributed by atoms with van der Waals surface area (Å²) in [5.74, 6) is 0. The summed E-state index contributed by atoms with van der Waals surface area (Å²) in [5, 5.41) is 10.1. The van der Waals surface area contributed by atoms with Crippen LogP contribution in [0.15, 0.2) is 11.2 Å². The van der Waals surface area contributed by atoms with Gasteiger partial charge >= 0.3 is 0 Å². The summed E-state index contributed by atoms with van der Waals surface area (Å²) in [6, 6.07) is 0.544. The molecule has 0 atom stereocenters. The molecule has 2 fully saturated rings. The zero-order chi connectivity index (χ0) is 14.9. The molecule has 2 aliphatic rings. The van der Waals surface area contributed by atoms with Crippen LogP contribution < -0.4 is 10.0 Å². The van der Waals surface area contributed by atoms with E-state index in [0.29, 0.717) is 19.1 Å². The van der Waals surface area contributed by atoms with Crippen LogP contribution in [0.2, 0.25) is 0 Å². The number of rotatable bonds is 9. The zero-order valence-corrected chi connectivity index (χ0v) is 13.3. The van der Waals surface area contributed by atoms with Crippen molar-refractivity contribution in [2.24, 2.45) is 5.41 Å². The topological polar surface area (TPSA) is 86.9 Å². The van der Waals surface area contributed by atoms with E-state index in [1.54, 1.807) is 6.20 Å². The summed E-state index contributed by atoms with van der Waals surface area (Å²) in [4.78, 5) is 0. The third kappa shape index (κ3) is 3.64. The van der Waals surface area contributed by atoms with Gasteiger partial charge in [0, 0.05) is 24.7 Å². The normalized spacial score (nSPS) is 20.6. The molecular weight excluding hydrogens is 288 g/mol. The van der Waals surface area contributed by atoms with Crippen LogP contribution >= 0.6 is 0 Å². The molecule has 6 nitrogen and oxygen atoms in total. The molecule has 118 valence electrons. The van der Waals surface area contributed by atoms with Crippen molar-refractivity contribution in [3.63, 3.8) is 0 Å². The predicted octanol–water partition coefficient (Wildman–Crippen LogP) is 1.52. The quantitative estimate of drug-likeness (QED) is 0.645. The standard InChI is InChI=1S/C14H24N4O2S/c1-2-5-14(6-7-14)10-17-21(19,20)13-11(9-16-18-13)8-15-12-3-4-12/h9,12,15,17H,2-8,10H2,1H3,(H,16,18). The van der Waals surface area contributed by atoms with E-state index in [4.69, 9.17) is 0 Å². The maximum Gasteiger partial charge on any atom is 0.257 e. The fourth-order valence-electron chi connectivity index (χ4n) is 2.74. The van der Waals surface area contributed by atoms with E-state index in [-0.39, 0.29) is 10.4 Å². The second-order valence-electron chi connectivity index (χ2n) is 6.45. The van der Waals surface area contributed by atoms with E-state index in [2.05, 4.69) is 27.2 Å². The number of H-pyrrole nitrogens is 1. The average molecular weight is 312 g/mol. The summed E-state index contributed by atoms with van der Waals surface area (Å²) in [7, 11) is -3.49. The highest BCUT2D eigenvalue weighted by molar-refractivity contribution is 7.89. The Morgan fingerprint density at radius 1 is 1.43 bits per heavy atom. The van der Waals surface area contributed by atoms with Crippen LogP contribution in [0.4, 0.5) is 0 Å². The third-order valence-electron chi connectivity index (χ3n) is 4.48. The number of hydrogen-bond acceptors (Lipinski definition) is 4. The van der Waals surface area contributed by atoms with Crippen LogP contribution in [0.1, 0.15) is 51.0 Å². The SMILES string of the molecule is CCCC1(CNS(=O)(=O)c2[nH]ncc2CNC2CC2)CC1. The van der Waals surface area contributed by atoms with Crippen LogP contribution in [-0.4, -0.2) is 31.2 Å². The summed E-state index contributed by atoms with van der Waals surface area (Å²) in [6.07, 6.45) is 8.40. The van der Waals surface area contributed by atoms with Gasteiger partial charge in [-0.15, -0.1) is 0 Å². The number of hydrogen-bond donors (Lipinski definition) is 3. The Morgan fingerprint density at radius 2 is 2.19 bits per heavy atom. The maximum atomic E-state index is 12.4. The lowest BCUT2D eigenvalue weighted by Gasteiger charge is -2.15. The second-order valence-corrected chi connectivity index (χ2v) is 8.16. The zero-order valence-electron chi connectivity index (χ0n) is 12.5. The first-order valence-electron chi connectivity index (χ1n) is 7.80. The molecule has 0 saturated heterocycles. The first kappa shape index (κ1) is 15.0. The molecule has 1 aromatic heterocycles. The van der Waals surface area contributed by atoms with Crippen molar-refractivity contribution in [2.75, 3.05) is 6.54 Å². The fraction of sp³-hybridized carbons (Fsp3) is 0.786. The second kappa shape index (κ2) is 5.70. The van der Waals surface area contributed by atoms with Gasteiger partial charge in [-0.05, 0) is 37.5 Å². The molecule has 7 heteroatoms. The lowest BCUT2D eigenvalue weighted by atomic mass is 10.0. The Bertz CT molecular complexity index is 588. The Kier molecular flexibility index (Phi) is 4.07. The highest BCUT2D eigenvalue weighted by atomic mass is 32.2. The summed E-state index contributed by atoms with van der Waals surface area (Å²) >= 11 is 0. The molecule has 0 bridgehead atoms. The lowest BCUT2D eigenvalue weighted by molar-refractivity contribution is 0.448. The minimum Gasteiger partial charge on any atom is -0.310 e. The molecule has 21 heavy (non-hydrogen) atoms. The van der Waals surface area contributed by atoms with E-state index in [1.165, 1.54) is 12.8 Å². The van der Waals surface area contributed by atoms with Crippen molar-refractivity contribution in [1.29, 1.82) is 0 Å². The Hall–Kier alpha value is -0.920. The van der Waals surface area contributed by atoms with Crippen LogP contribution in [0.3, 0.4) is 0 Å². The monoisotopic (exact) mass is 312 g/mol. The van der Waals surface area contributed by atoms with Crippen molar-refractivity contribution in [3.05, 3.63) is 11.8 Å². The van der Waals surface area contributed by atoms with Gasteiger partial charge in [0.2, 0.25) is 0 Å². The predicted molar refractivity (Wildman–Crippen MR) is 80.2 cm³/mol. The molecule has 2 aliphatic carbocycles. The Morgan fingerprint density at radius 3 is 2.81 bits per heavy atom. The van der Waals surface area contributed by atoms with Gasteiger partial charge in [-0.3, -0.25) is 5.10 Å². The molecule has 0 radical (unpaired) electrons. The van der Waals surface area contributed by atoms with Crippen LogP contribution in [-0.2, 0) is 16.6 Å². The van der Waals surface area contributed by atoms with E-state index in [1.807, 2.05) is 0 Å².